The van der Waals surface area contributed by atoms with Gasteiger partial charge in [0.05, 0.1) is 12.1 Å². The fourth-order valence-electron chi connectivity index (χ4n) is 1.01. The minimum Gasteiger partial charge on any atom is -0.391 e. The highest BCUT2D eigenvalue weighted by Gasteiger charge is 2.14. The molecule has 2 atom stereocenters. The van der Waals surface area contributed by atoms with E-state index in [1.165, 1.54) is 0 Å². The Kier molecular flexibility index (Phi) is 6.49. The van der Waals surface area contributed by atoms with E-state index in [1.807, 2.05) is 20.8 Å². The smallest absolute Gasteiger partial charge is 0.237 e. The second-order valence-electron chi connectivity index (χ2n) is 3.95. The molecular formula is C10H22N2O2. The molecule has 0 aromatic heterocycles. The van der Waals surface area contributed by atoms with Crippen LogP contribution in [-0.2, 0) is 4.79 Å². The molecule has 0 aliphatic carbocycles. The van der Waals surface area contributed by atoms with Gasteiger partial charge < -0.3 is 16.2 Å². The van der Waals surface area contributed by atoms with E-state index in [0.29, 0.717) is 6.42 Å². The quantitative estimate of drug-likeness (QED) is 0.578. The molecule has 84 valence electrons. The van der Waals surface area contributed by atoms with E-state index in [2.05, 4.69) is 5.32 Å². The molecule has 0 heterocycles. The van der Waals surface area contributed by atoms with Crippen molar-refractivity contribution in [1.82, 2.24) is 5.32 Å². The second-order valence-corrected chi connectivity index (χ2v) is 3.95. The molecule has 0 fully saturated rings. The van der Waals surface area contributed by atoms with Crippen molar-refractivity contribution in [3.8, 4) is 0 Å². The molecule has 0 saturated carbocycles. The van der Waals surface area contributed by atoms with Gasteiger partial charge in [0, 0.05) is 6.54 Å². The van der Waals surface area contributed by atoms with Gasteiger partial charge in [-0.1, -0.05) is 27.2 Å². The number of carbonyl (C=O) groups excluding carboxylic acids is 1. The van der Waals surface area contributed by atoms with Crippen molar-refractivity contribution in [1.29, 1.82) is 0 Å². The van der Waals surface area contributed by atoms with Gasteiger partial charge in [-0.25, -0.2) is 0 Å². The van der Waals surface area contributed by atoms with Crippen LogP contribution in [0.4, 0.5) is 0 Å². The van der Waals surface area contributed by atoms with Crippen LogP contribution in [-0.4, -0.2) is 29.7 Å². The third-order valence-electron chi connectivity index (χ3n) is 2.19. The summed E-state index contributed by atoms with van der Waals surface area (Å²) in [5, 5.41) is 12.1. The summed E-state index contributed by atoms with van der Waals surface area (Å²) in [7, 11) is 0. The molecule has 0 aromatic rings. The minimum atomic E-state index is -0.493. The number of amides is 1. The summed E-state index contributed by atoms with van der Waals surface area (Å²) in [6, 6.07) is -0.445. The highest BCUT2D eigenvalue weighted by atomic mass is 16.3. The van der Waals surface area contributed by atoms with Gasteiger partial charge >= 0.3 is 0 Å². The average molecular weight is 202 g/mol. The fourth-order valence-corrected chi connectivity index (χ4v) is 1.01. The monoisotopic (exact) mass is 202 g/mol. The van der Waals surface area contributed by atoms with E-state index in [0.717, 1.165) is 6.42 Å². The van der Waals surface area contributed by atoms with Crippen LogP contribution in [0.15, 0.2) is 0 Å². The Bertz CT molecular complexity index is 172. The number of nitrogens with one attached hydrogen (secondary N) is 1. The third kappa shape index (κ3) is 5.19. The van der Waals surface area contributed by atoms with E-state index in [-0.39, 0.29) is 18.4 Å². The topological polar surface area (TPSA) is 75.4 Å². The molecule has 2 unspecified atom stereocenters. The molecule has 4 nitrogen and oxygen atoms in total. The summed E-state index contributed by atoms with van der Waals surface area (Å²) in [5.74, 6) is -0.0238. The normalized spacial score (nSPS) is 15.3. The summed E-state index contributed by atoms with van der Waals surface area (Å²) >= 11 is 0. The average Bonchev–Trinajstić information content (AvgIpc) is 2.13. The molecule has 0 bridgehead atoms. The predicted octanol–water partition coefficient (Wildman–Crippen LogP) is 0.247. The van der Waals surface area contributed by atoms with Crippen LogP contribution in [0.25, 0.3) is 0 Å². The van der Waals surface area contributed by atoms with Crippen molar-refractivity contribution in [3.63, 3.8) is 0 Å². The van der Waals surface area contributed by atoms with E-state index >= 15 is 0 Å². The lowest BCUT2D eigenvalue weighted by molar-refractivity contribution is -0.123. The highest BCUT2D eigenvalue weighted by molar-refractivity contribution is 5.81. The first-order chi connectivity index (χ1) is 6.49. The Balaban J connectivity index is 3.73. The predicted molar refractivity (Wildman–Crippen MR) is 56.7 cm³/mol. The molecular weight excluding hydrogens is 180 g/mol. The lowest BCUT2D eigenvalue weighted by Crippen LogP contribution is -2.44. The Labute approximate surface area is 85.9 Å². The molecule has 0 aromatic carbocycles. The molecule has 4 heteroatoms. The SMILES string of the molecule is CCCC(N)C(=O)NCC(O)C(C)C. The summed E-state index contributed by atoms with van der Waals surface area (Å²) in [6.45, 7) is 6.08. The molecule has 1 amide bonds. The van der Waals surface area contributed by atoms with E-state index < -0.39 is 12.1 Å². The van der Waals surface area contributed by atoms with Gasteiger partial charge in [-0.05, 0) is 12.3 Å². The van der Waals surface area contributed by atoms with Gasteiger partial charge in [0.2, 0.25) is 5.91 Å². The summed E-state index contributed by atoms with van der Waals surface area (Å²) in [6.07, 6.45) is 1.08. The lowest BCUT2D eigenvalue weighted by atomic mass is 10.1. The molecule has 0 aliphatic heterocycles. The van der Waals surface area contributed by atoms with Crippen molar-refractivity contribution < 1.29 is 9.90 Å². The molecule has 0 saturated heterocycles. The Morgan fingerprint density at radius 1 is 1.50 bits per heavy atom. The second kappa shape index (κ2) is 6.79. The molecule has 0 rings (SSSR count). The van der Waals surface area contributed by atoms with E-state index in [9.17, 15) is 9.90 Å². The zero-order valence-corrected chi connectivity index (χ0v) is 9.29. The van der Waals surface area contributed by atoms with Crippen LogP contribution in [0, 0.1) is 5.92 Å². The number of carbonyl (C=O) groups is 1. The maximum atomic E-state index is 11.3. The molecule has 14 heavy (non-hydrogen) atoms. The van der Waals surface area contributed by atoms with Gasteiger partial charge in [-0.3, -0.25) is 4.79 Å². The van der Waals surface area contributed by atoms with Crippen LogP contribution >= 0.6 is 0 Å². The van der Waals surface area contributed by atoms with Crippen molar-refractivity contribution in [2.75, 3.05) is 6.54 Å². The number of nitrogens with two attached hydrogens (primary N) is 1. The summed E-state index contributed by atoms with van der Waals surface area (Å²) in [5.41, 5.74) is 5.60. The number of hydrogen-bond acceptors (Lipinski definition) is 3. The van der Waals surface area contributed by atoms with E-state index in [1.54, 1.807) is 0 Å². The highest BCUT2D eigenvalue weighted by Crippen LogP contribution is 1.99. The summed E-state index contributed by atoms with van der Waals surface area (Å²) < 4.78 is 0. The first kappa shape index (κ1) is 13.4. The number of hydrogen-bond donors (Lipinski definition) is 3. The maximum absolute atomic E-state index is 11.3. The number of aliphatic hydroxyl groups excluding tert-OH is 1. The Morgan fingerprint density at radius 3 is 2.50 bits per heavy atom. The van der Waals surface area contributed by atoms with Crippen molar-refractivity contribution in [2.24, 2.45) is 11.7 Å². The standard InChI is InChI=1S/C10H22N2O2/c1-4-5-8(11)10(14)12-6-9(13)7(2)3/h7-9,13H,4-6,11H2,1-3H3,(H,12,14). The molecule has 0 aliphatic rings. The lowest BCUT2D eigenvalue weighted by Gasteiger charge is -2.17. The first-order valence-corrected chi connectivity index (χ1v) is 5.20. The third-order valence-corrected chi connectivity index (χ3v) is 2.19. The Hall–Kier alpha value is -0.610. The van der Waals surface area contributed by atoms with Crippen molar-refractivity contribution >= 4 is 5.91 Å². The molecule has 4 N–H and O–H groups in total. The fraction of sp³-hybridized carbons (Fsp3) is 0.900. The minimum absolute atomic E-state index is 0.151. The Morgan fingerprint density at radius 2 is 2.07 bits per heavy atom. The van der Waals surface area contributed by atoms with Crippen molar-refractivity contribution in [2.45, 2.75) is 45.8 Å². The zero-order valence-electron chi connectivity index (χ0n) is 9.29. The van der Waals surface area contributed by atoms with Gasteiger partial charge in [-0.15, -0.1) is 0 Å². The van der Waals surface area contributed by atoms with Crippen LogP contribution in [0.3, 0.4) is 0 Å². The van der Waals surface area contributed by atoms with Crippen LogP contribution in [0.1, 0.15) is 33.6 Å². The number of rotatable bonds is 6. The largest absolute Gasteiger partial charge is 0.391 e. The number of aliphatic hydroxyl groups is 1. The molecule has 0 radical (unpaired) electrons. The van der Waals surface area contributed by atoms with E-state index in [4.69, 9.17) is 5.73 Å². The van der Waals surface area contributed by atoms with Crippen molar-refractivity contribution in [3.05, 3.63) is 0 Å². The molecule has 0 spiro atoms. The van der Waals surface area contributed by atoms with Gasteiger partial charge in [0.25, 0.3) is 0 Å². The summed E-state index contributed by atoms with van der Waals surface area (Å²) in [4.78, 5) is 11.3. The van der Waals surface area contributed by atoms with Crippen LogP contribution in [0.2, 0.25) is 0 Å². The van der Waals surface area contributed by atoms with Gasteiger partial charge in [-0.2, -0.15) is 0 Å². The van der Waals surface area contributed by atoms with Gasteiger partial charge in [0.1, 0.15) is 0 Å². The first-order valence-electron chi connectivity index (χ1n) is 5.20. The maximum Gasteiger partial charge on any atom is 0.237 e. The zero-order chi connectivity index (χ0) is 11.1. The van der Waals surface area contributed by atoms with Gasteiger partial charge in [0.15, 0.2) is 0 Å². The van der Waals surface area contributed by atoms with Crippen LogP contribution in [0.5, 0.6) is 0 Å². The van der Waals surface area contributed by atoms with Crippen LogP contribution < -0.4 is 11.1 Å².